The lowest BCUT2D eigenvalue weighted by Crippen LogP contribution is -2.01. The first-order valence-electron chi connectivity index (χ1n) is 3.70. The number of rotatable bonds is 2. The summed E-state index contributed by atoms with van der Waals surface area (Å²) in [6, 6.07) is 3.14. The van der Waals surface area contributed by atoms with Crippen molar-refractivity contribution < 1.29 is 4.92 Å². The third kappa shape index (κ3) is 1.87. The molecule has 0 fully saturated rings. The molecule has 0 heterocycles. The van der Waals surface area contributed by atoms with Gasteiger partial charge in [-0.3, -0.25) is 10.1 Å². The zero-order valence-electron chi connectivity index (χ0n) is 7.08. The Labute approximate surface area is 84.0 Å². The van der Waals surface area contributed by atoms with Gasteiger partial charge >= 0.3 is 0 Å². The van der Waals surface area contributed by atoms with E-state index in [1.54, 1.807) is 13.0 Å². The number of hydrogen-bond donors (Lipinski definition) is 1. The monoisotopic (exact) mass is 244 g/mol. The Bertz CT molecular complexity index is 352. The lowest BCUT2D eigenvalue weighted by atomic mass is 10.1. The van der Waals surface area contributed by atoms with Gasteiger partial charge in [0, 0.05) is 12.6 Å². The van der Waals surface area contributed by atoms with E-state index in [1.165, 1.54) is 6.07 Å². The van der Waals surface area contributed by atoms with Gasteiger partial charge in [-0.05, 0) is 34.0 Å². The third-order valence-corrected chi connectivity index (χ3v) is 2.90. The standard InChI is InChI=1S/C8H9BrN2O2/c1-5-6(4-10)2-3-7(8(5)9)11(12)13/h2-3H,4,10H2,1H3. The maximum atomic E-state index is 10.5. The number of benzene rings is 1. The molecule has 1 aromatic carbocycles. The summed E-state index contributed by atoms with van der Waals surface area (Å²) in [5.74, 6) is 0. The summed E-state index contributed by atoms with van der Waals surface area (Å²) in [5, 5.41) is 10.5. The van der Waals surface area contributed by atoms with Crippen molar-refractivity contribution >= 4 is 21.6 Å². The van der Waals surface area contributed by atoms with Gasteiger partial charge in [-0.2, -0.15) is 0 Å². The predicted molar refractivity (Wildman–Crippen MR) is 53.4 cm³/mol. The highest BCUT2D eigenvalue weighted by molar-refractivity contribution is 9.10. The van der Waals surface area contributed by atoms with Crippen LogP contribution in [0.4, 0.5) is 5.69 Å². The zero-order valence-corrected chi connectivity index (χ0v) is 8.67. The molecule has 2 N–H and O–H groups in total. The quantitative estimate of drug-likeness (QED) is 0.640. The van der Waals surface area contributed by atoms with E-state index in [9.17, 15) is 10.1 Å². The Morgan fingerprint density at radius 3 is 2.69 bits per heavy atom. The first-order chi connectivity index (χ1) is 6.07. The van der Waals surface area contributed by atoms with Crippen molar-refractivity contribution in [2.24, 2.45) is 5.73 Å². The van der Waals surface area contributed by atoms with E-state index in [1.807, 2.05) is 0 Å². The SMILES string of the molecule is Cc1c(CN)ccc([N+](=O)[O-])c1Br. The van der Waals surface area contributed by atoms with Crippen LogP contribution in [0.5, 0.6) is 0 Å². The molecule has 0 unspecified atom stereocenters. The van der Waals surface area contributed by atoms with Gasteiger partial charge in [0.05, 0.1) is 9.40 Å². The first-order valence-corrected chi connectivity index (χ1v) is 4.49. The summed E-state index contributed by atoms with van der Waals surface area (Å²) in [5.41, 5.74) is 7.28. The molecule has 1 rings (SSSR count). The van der Waals surface area contributed by atoms with Gasteiger partial charge in [0.1, 0.15) is 0 Å². The van der Waals surface area contributed by atoms with Crippen LogP contribution in [-0.4, -0.2) is 4.92 Å². The second-order valence-electron chi connectivity index (χ2n) is 2.64. The van der Waals surface area contributed by atoms with E-state index in [0.29, 0.717) is 11.0 Å². The van der Waals surface area contributed by atoms with Gasteiger partial charge in [0.25, 0.3) is 5.69 Å². The van der Waals surface area contributed by atoms with Gasteiger partial charge in [0.15, 0.2) is 0 Å². The van der Waals surface area contributed by atoms with Crippen molar-refractivity contribution in [2.45, 2.75) is 13.5 Å². The molecule has 0 bridgehead atoms. The molecule has 0 aromatic heterocycles. The van der Waals surface area contributed by atoms with Crippen LogP contribution >= 0.6 is 15.9 Å². The third-order valence-electron chi connectivity index (χ3n) is 1.89. The zero-order chi connectivity index (χ0) is 10.0. The molecular weight excluding hydrogens is 236 g/mol. The van der Waals surface area contributed by atoms with Crippen LogP contribution in [0.25, 0.3) is 0 Å². The number of nitrogens with two attached hydrogens (primary N) is 1. The van der Waals surface area contributed by atoms with Crippen molar-refractivity contribution in [1.29, 1.82) is 0 Å². The van der Waals surface area contributed by atoms with Crippen LogP contribution in [0.1, 0.15) is 11.1 Å². The van der Waals surface area contributed by atoms with Crippen molar-refractivity contribution in [3.8, 4) is 0 Å². The summed E-state index contributed by atoms with van der Waals surface area (Å²) >= 11 is 3.18. The molecule has 5 heteroatoms. The number of nitrogens with zero attached hydrogens (tertiary/aromatic N) is 1. The molecule has 13 heavy (non-hydrogen) atoms. The van der Waals surface area contributed by atoms with E-state index in [0.717, 1.165) is 11.1 Å². The van der Waals surface area contributed by atoms with Crippen LogP contribution in [0.15, 0.2) is 16.6 Å². The molecule has 0 saturated heterocycles. The van der Waals surface area contributed by atoms with Crippen molar-refractivity contribution in [2.75, 3.05) is 0 Å². The molecule has 0 spiro atoms. The van der Waals surface area contributed by atoms with Crippen molar-refractivity contribution in [3.63, 3.8) is 0 Å². The van der Waals surface area contributed by atoms with Gasteiger partial charge in [-0.25, -0.2) is 0 Å². The van der Waals surface area contributed by atoms with E-state index >= 15 is 0 Å². The van der Waals surface area contributed by atoms with E-state index in [2.05, 4.69) is 15.9 Å². The molecule has 0 aliphatic heterocycles. The van der Waals surface area contributed by atoms with E-state index in [4.69, 9.17) is 5.73 Å². The van der Waals surface area contributed by atoms with Crippen LogP contribution in [0.3, 0.4) is 0 Å². The topological polar surface area (TPSA) is 69.2 Å². The molecule has 0 aliphatic carbocycles. The highest BCUT2D eigenvalue weighted by Crippen LogP contribution is 2.29. The fourth-order valence-corrected chi connectivity index (χ4v) is 1.60. The number of halogens is 1. The maximum absolute atomic E-state index is 10.5. The molecular formula is C8H9BrN2O2. The fourth-order valence-electron chi connectivity index (χ4n) is 1.07. The van der Waals surface area contributed by atoms with Gasteiger partial charge in [0.2, 0.25) is 0 Å². The Kier molecular flexibility index (Phi) is 3.00. The molecule has 0 atom stereocenters. The largest absolute Gasteiger partial charge is 0.326 e. The predicted octanol–water partition coefficient (Wildman–Crippen LogP) is 2.12. The Morgan fingerprint density at radius 1 is 1.62 bits per heavy atom. The van der Waals surface area contributed by atoms with Gasteiger partial charge in [-0.1, -0.05) is 6.07 Å². The highest BCUT2D eigenvalue weighted by Gasteiger charge is 2.14. The van der Waals surface area contributed by atoms with Crippen LogP contribution in [0, 0.1) is 17.0 Å². The Balaban J connectivity index is 3.31. The summed E-state index contributed by atoms with van der Waals surface area (Å²) in [7, 11) is 0. The van der Waals surface area contributed by atoms with E-state index < -0.39 is 4.92 Å². The molecule has 0 aliphatic rings. The van der Waals surface area contributed by atoms with Gasteiger partial charge in [-0.15, -0.1) is 0 Å². The summed E-state index contributed by atoms with van der Waals surface area (Å²) in [6.45, 7) is 2.20. The van der Waals surface area contributed by atoms with Gasteiger partial charge < -0.3 is 5.73 Å². The second kappa shape index (κ2) is 3.85. The highest BCUT2D eigenvalue weighted by atomic mass is 79.9. The Morgan fingerprint density at radius 2 is 2.23 bits per heavy atom. The molecule has 0 radical (unpaired) electrons. The van der Waals surface area contributed by atoms with Crippen molar-refractivity contribution in [3.05, 3.63) is 37.8 Å². The normalized spacial score (nSPS) is 10.1. The minimum Gasteiger partial charge on any atom is -0.326 e. The summed E-state index contributed by atoms with van der Waals surface area (Å²) in [6.07, 6.45) is 0. The first kappa shape index (κ1) is 10.1. The van der Waals surface area contributed by atoms with Crippen molar-refractivity contribution in [1.82, 2.24) is 0 Å². The minimum absolute atomic E-state index is 0.0784. The van der Waals surface area contributed by atoms with Crippen LogP contribution in [0.2, 0.25) is 0 Å². The van der Waals surface area contributed by atoms with E-state index in [-0.39, 0.29) is 5.69 Å². The lowest BCUT2D eigenvalue weighted by molar-refractivity contribution is -0.385. The smallest absolute Gasteiger partial charge is 0.283 e. The maximum Gasteiger partial charge on any atom is 0.283 e. The summed E-state index contributed by atoms with van der Waals surface area (Å²) in [4.78, 5) is 10.1. The molecule has 0 saturated carbocycles. The number of nitro groups is 1. The molecule has 70 valence electrons. The van der Waals surface area contributed by atoms with Crippen LogP contribution in [-0.2, 0) is 6.54 Å². The average Bonchev–Trinajstić information content (AvgIpc) is 2.09. The molecule has 0 amide bonds. The summed E-state index contributed by atoms with van der Waals surface area (Å²) < 4.78 is 0.514. The number of nitro benzene ring substituents is 1. The molecule has 4 nitrogen and oxygen atoms in total. The number of hydrogen-bond acceptors (Lipinski definition) is 3. The second-order valence-corrected chi connectivity index (χ2v) is 3.44. The molecule has 1 aromatic rings. The lowest BCUT2D eigenvalue weighted by Gasteiger charge is -2.04. The Hall–Kier alpha value is -0.940. The minimum atomic E-state index is -0.419. The fraction of sp³-hybridized carbons (Fsp3) is 0.250. The average molecular weight is 245 g/mol. The van der Waals surface area contributed by atoms with Crippen LogP contribution < -0.4 is 5.73 Å².